The largest absolute Gasteiger partial charge is 0.355 e. The summed E-state index contributed by atoms with van der Waals surface area (Å²) in [7, 11) is -3.48. The van der Waals surface area contributed by atoms with Crippen LogP contribution >= 0.6 is 0 Å². The van der Waals surface area contributed by atoms with Crippen molar-refractivity contribution in [1.82, 2.24) is 4.90 Å². The van der Waals surface area contributed by atoms with E-state index >= 15 is 0 Å². The molecule has 1 aromatic carbocycles. The Morgan fingerprint density at radius 3 is 2.40 bits per heavy atom. The highest BCUT2D eigenvalue weighted by molar-refractivity contribution is 7.90. The van der Waals surface area contributed by atoms with Crippen molar-refractivity contribution in [2.75, 3.05) is 13.1 Å². The van der Waals surface area contributed by atoms with Crippen LogP contribution in [0.25, 0.3) is 0 Å². The first-order valence-corrected chi connectivity index (χ1v) is 8.78. The summed E-state index contributed by atoms with van der Waals surface area (Å²) in [6.45, 7) is 1.93. The van der Waals surface area contributed by atoms with Crippen LogP contribution in [0, 0.1) is 11.8 Å². The minimum Gasteiger partial charge on any atom is -0.355 e. The fourth-order valence-electron chi connectivity index (χ4n) is 3.90. The van der Waals surface area contributed by atoms with Gasteiger partial charge in [-0.1, -0.05) is 25.0 Å². The summed E-state index contributed by atoms with van der Waals surface area (Å²) < 4.78 is 28.3. The first-order valence-electron chi connectivity index (χ1n) is 7.34. The minimum atomic E-state index is -3.48. The van der Waals surface area contributed by atoms with Crippen LogP contribution in [0.2, 0.25) is 0 Å². The highest BCUT2D eigenvalue weighted by Crippen LogP contribution is 2.38. The molecular formula is C15H18N2O2S. The number of nitrogens with zero attached hydrogens (tertiary/aromatic N) is 2. The second-order valence-corrected chi connectivity index (χ2v) is 7.67. The zero-order valence-electron chi connectivity index (χ0n) is 11.3. The third-order valence-electron chi connectivity index (χ3n) is 4.89. The van der Waals surface area contributed by atoms with E-state index in [9.17, 15) is 8.42 Å². The van der Waals surface area contributed by atoms with Gasteiger partial charge in [0.1, 0.15) is 4.90 Å². The van der Waals surface area contributed by atoms with E-state index in [1.54, 1.807) is 12.1 Å². The maximum absolute atomic E-state index is 12.1. The molecule has 1 saturated carbocycles. The molecule has 1 aliphatic carbocycles. The molecule has 2 aliphatic heterocycles. The molecule has 20 heavy (non-hydrogen) atoms. The Kier molecular flexibility index (Phi) is 2.67. The van der Waals surface area contributed by atoms with Gasteiger partial charge < -0.3 is 4.90 Å². The fraction of sp³-hybridized carbons (Fsp3) is 0.533. The minimum absolute atomic E-state index is 0.366. The van der Waals surface area contributed by atoms with E-state index in [-0.39, 0.29) is 0 Å². The van der Waals surface area contributed by atoms with E-state index < -0.39 is 10.0 Å². The third kappa shape index (κ3) is 1.79. The number of sulfonamides is 1. The Morgan fingerprint density at radius 2 is 1.70 bits per heavy atom. The van der Waals surface area contributed by atoms with Crippen LogP contribution in [0.3, 0.4) is 0 Å². The van der Waals surface area contributed by atoms with Gasteiger partial charge >= 0.3 is 0 Å². The lowest BCUT2D eigenvalue weighted by Gasteiger charge is -2.22. The molecular weight excluding hydrogens is 272 g/mol. The van der Waals surface area contributed by atoms with Crippen molar-refractivity contribution in [3.8, 4) is 0 Å². The predicted molar refractivity (Wildman–Crippen MR) is 77.2 cm³/mol. The van der Waals surface area contributed by atoms with E-state index in [1.807, 2.05) is 12.1 Å². The van der Waals surface area contributed by atoms with Crippen molar-refractivity contribution in [3.05, 3.63) is 29.8 Å². The fourth-order valence-corrected chi connectivity index (χ4v) is 5.12. The molecule has 2 atom stereocenters. The molecule has 2 fully saturated rings. The van der Waals surface area contributed by atoms with Gasteiger partial charge in [-0.05, 0) is 36.8 Å². The molecule has 0 bridgehead atoms. The van der Waals surface area contributed by atoms with E-state index in [2.05, 4.69) is 9.30 Å². The van der Waals surface area contributed by atoms with E-state index in [1.165, 1.54) is 25.7 Å². The number of hydrogen-bond donors (Lipinski definition) is 0. The van der Waals surface area contributed by atoms with Crippen LogP contribution in [0.1, 0.15) is 31.2 Å². The van der Waals surface area contributed by atoms with E-state index in [0.717, 1.165) is 30.5 Å². The third-order valence-corrected chi connectivity index (χ3v) is 6.21. The van der Waals surface area contributed by atoms with Gasteiger partial charge in [-0.25, -0.2) is 0 Å². The van der Waals surface area contributed by atoms with Gasteiger partial charge in [0.2, 0.25) is 0 Å². The van der Waals surface area contributed by atoms with Crippen molar-refractivity contribution in [2.24, 2.45) is 16.2 Å². The molecule has 0 aromatic heterocycles. The quantitative estimate of drug-likeness (QED) is 0.736. The van der Waals surface area contributed by atoms with Gasteiger partial charge in [-0.2, -0.15) is 8.42 Å². The van der Waals surface area contributed by atoms with Crippen LogP contribution in [0.5, 0.6) is 0 Å². The molecule has 0 radical (unpaired) electrons. The molecule has 5 heteroatoms. The maximum Gasteiger partial charge on any atom is 0.285 e. The normalized spacial score (nSPS) is 30.8. The topological polar surface area (TPSA) is 49.7 Å². The predicted octanol–water partition coefficient (Wildman–Crippen LogP) is 2.26. The van der Waals surface area contributed by atoms with Gasteiger partial charge in [-0.3, -0.25) is 0 Å². The lowest BCUT2D eigenvalue weighted by atomic mass is 9.82. The molecule has 4 rings (SSSR count). The van der Waals surface area contributed by atoms with Gasteiger partial charge in [0.15, 0.2) is 5.84 Å². The SMILES string of the molecule is O=S1(=O)N=C(N2CC3CCCCC3C2)c2ccccc21. The lowest BCUT2D eigenvalue weighted by Crippen LogP contribution is -2.28. The first-order chi connectivity index (χ1) is 9.65. The van der Waals surface area contributed by atoms with Crippen LogP contribution in [-0.2, 0) is 10.0 Å². The number of likely N-dealkylation sites (tertiary alicyclic amines) is 1. The molecule has 2 unspecified atom stereocenters. The molecule has 1 saturated heterocycles. The van der Waals surface area contributed by atoms with Crippen LogP contribution < -0.4 is 0 Å². The van der Waals surface area contributed by atoms with Crippen LogP contribution in [0.4, 0.5) is 0 Å². The highest BCUT2D eigenvalue weighted by Gasteiger charge is 2.39. The van der Waals surface area contributed by atoms with Gasteiger partial charge in [0, 0.05) is 18.7 Å². The lowest BCUT2D eigenvalue weighted by molar-refractivity contribution is 0.299. The Bertz CT molecular complexity index is 667. The Labute approximate surface area is 119 Å². The maximum atomic E-state index is 12.1. The molecule has 2 heterocycles. The van der Waals surface area contributed by atoms with Gasteiger partial charge in [-0.15, -0.1) is 4.40 Å². The zero-order valence-corrected chi connectivity index (χ0v) is 12.1. The monoisotopic (exact) mass is 290 g/mol. The average molecular weight is 290 g/mol. The molecule has 0 spiro atoms. The number of fused-ring (bicyclic) bond motifs is 2. The van der Waals surface area contributed by atoms with Crippen molar-refractivity contribution in [3.63, 3.8) is 0 Å². The summed E-state index contributed by atoms with van der Waals surface area (Å²) in [5.41, 5.74) is 0.783. The van der Waals surface area contributed by atoms with Crippen molar-refractivity contribution in [1.29, 1.82) is 0 Å². The zero-order chi connectivity index (χ0) is 13.7. The first kappa shape index (κ1) is 12.4. The molecule has 106 valence electrons. The van der Waals surface area contributed by atoms with Crippen molar-refractivity contribution in [2.45, 2.75) is 30.6 Å². The second kappa shape index (κ2) is 4.32. The van der Waals surface area contributed by atoms with Crippen molar-refractivity contribution >= 4 is 15.9 Å². The van der Waals surface area contributed by atoms with Gasteiger partial charge in [0.25, 0.3) is 10.0 Å². The number of rotatable bonds is 0. The Balaban J connectivity index is 1.70. The van der Waals surface area contributed by atoms with Crippen LogP contribution in [-0.4, -0.2) is 32.2 Å². The van der Waals surface area contributed by atoms with Crippen molar-refractivity contribution < 1.29 is 8.42 Å². The summed E-state index contributed by atoms with van der Waals surface area (Å²) in [4.78, 5) is 2.56. The summed E-state index contributed by atoms with van der Waals surface area (Å²) in [6, 6.07) is 7.18. The standard InChI is InChI=1S/C15H18N2O2S/c18-20(19)14-8-4-3-7-13(14)15(16-20)17-9-11-5-1-2-6-12(11)10-17/h3-4,7-8,11-12H,1-2,5-6,9-10H2. The number of hydrogen-bond acceptors (Lipinski definition) is 3. The molecule has 0 amide bonds. The highest BCUT2D eigenvalue weighted by atomic mass is 32.2. The Hall–Kier alpha value is -1.36. The summed E-state index contributed by atoms with van der Waals surface area (Å²) in [5, 5.41) is 0. The molecule has 1 aromatic rings. The second-order valence-electron chi connectivity index (χ2n) is 6.10. The summed E-state index contributed by atoms with van der Waals surface area (Å²) in [5.74, 6) is 2.12. The number of amidine groups is 1. The smallest absolute Gasteiger partial charge is 0.285 e. The molecule has 4 nitrogen and oxygen atoms in total. The number of benzene rings is 1. The summed E-state index contributed by atoms with van der Waals surface area (Å²) >= 11 is 0. The Morgan fingerprint density at radius 1 is 1.05 bits per heavy atom. The van der Waals surface area contributed by atoms with Crippen LogP contribution in [0.15, 0.2) is 33.6 Å². The van der Waals surface area contributed by atoms with Gasteiger partial charge in [0.05, 0.1) is 0 Å². The average Bonchev–Trinajstić information content (AvgIpc) is 2.98. The van der Waals surface area contributed by atoms with E-state index in [4.69, 9.17) is 0 Å². The summed E-state index contributed by atoms with van der Waals surface area (Å²) in [6.07, 6.45) is 5.19. The molecule has 0 N–H and O–H groups in total. The molecule has 3 aliphatic rings. The van der Waals surface area contributed by atoms with E-state index in [0.29, 0.717) is 10.7 Å².